The van der Waals surface area contributed by atoms with E-state index in [0.717, 1.165) is 0 Å². The van der Waals surface area contributed by atoms with E-state index >= 15 is 0 Å². The summed E-state index contributed by atoms with van der Waals surface area (Å²) < 4.78 is 5.14. The molecule has 1 aromatic heterocycles. The first-order chi connectivity index (χ1) is 14.9. The van der Waals surface area contributed by atoms with Gasteiger partial charge in [-0.2, -0.15) is 0 Å². The fourth-order valence-corrected chi connectivity index (χ4v) is 3.40. The van der Waals surface area contributed by atoms with Gasteiger partial charge >= 0.3 is 0 Å². The number of likely N-dealkylation sites (tertiary alicyclic amines) is 1. The number of hydrogen-bond acceptors (Lipinski definition) is 6. The van der Waals surface area contributed by atoms with Gasteiger partial charge in [-0.05, 0) is 31.0 Å². The van der Waals surface area contributed by atoms with Crippen LogP contribution in [0.1, 0.15) is 47.5 Å². The number of aromatic nitrogens is 2. The maximum absolute atomic E-state index is 12.8. The van der Waals surface area contributed by atoms with E-state index in [-0.39, 0.29) is 29.4 Å². The Morgan fingerprint density at radius 1 is 1.10 bits per heavy atom. The van der Waals surface area contributed by atoms with E-state index in [1.807, 2.05) is 18.7 Å². The lowest BCUT2D eigenvalue weighted by molar-refractivity contribution is -0.135. The second kappa shape index (κ2) is 10.0. The average Bonchev–Trinajstić information content (AvgIpc) is 2.79. The number of rotatable bonds is 6. The summed E-state index contributed by atoms with van der Waals surface area (Å²) in [7, 11) is 1.52. The Kier molecular flexibility index (Phi) is 7.17. The van der Waals surface area contributed by atoms with Crippen LogP contribution in [-0.4, -0.2) is 58.8 Å². The molecule has 0 unspecified atom stereocenters. The molecule has 1 aliphatic heterocycles. The van der Waals surface area contributed by atoms with Crippen molar-refractivity contribution in [2.24, 2.45) is 5.92 Å². The number of anilines is 1. The Bertz CT molecular complexity index is 954. The summed E-state index contributed by atoms with van der Waals surface area (Å²) in [6, 6.07) is 6.59. The number of hydrogen-bond donors (Lipinski definition) is 2. The smallest absolute Gasteiger partial charge is 0.273 e. The third kappa shape index (κ3) is 5.56. The highest BCUT2D eigenvalue weighted by Crippen LogP contribution is 2.17. The number of methoxy groups -OCH3 is 1. The summed E-state index contributed by atoms with van der Waals surface area (Å²) in [6.45, 7) is 4.96. The highest BCUT2D eigenvalue weighted by Gasteiger charge is 2.26. The van der Waals surface area contributed by atoms with Gasteiger partial charge in [0.05, 0.1) is 7.11 Å². The molecule has 164 valence electrons. The van der Waals surface area contributed by atoms with Crippen LogP contribution >= 0.6 is 0 Å². The number of ether oxygens (including phenoxy) is 1. The van der Waals surface area contributed by atoms with Crippen molar-refractivity contribution in [3.8, 4) is 5.75 Å². The first kappa shape index (κ1) is 22.2. The number of amides is 3. The minimum absolute atomic E-state index is 0.0403. The third-order valence-electron chi connectivity index (χ3n) is 5.11. The van der Waals surface area contributed by atoms with Crippen molar-refractivity contribution in [1.29, 1.82) is 0 Å². The van der Waals surface area contributed by atoms with E-state index in [9.17, 15) is 14.4 Å². The number of carbonyl (C=O) groups excluding carboxylic acids is 3. The summed E-state index contributed by atoms with van der Waals surface area (Å²) in [5.74, 6) is -0.119. The molecule has 0 bridgehead atoms. The van der Waals surface area contributed by atoms with Gasteiger partial charge in [-0.25, -0.2) is 9.97 Å². The largest absolute Gasteiger partial charge is 0.497 e. The standard InChI is InChI=1S/C22H27N5O4/c1-14(2)22(30)27-11-7-16(8-12-27)25-21(29)18-19(24-10-9-23-18)26-20(28)15-5-4-6-17(13-15)31-3/h4-6,9-10,13-14,16H,7-8,11-12H2,1-3H3,(H,25,29)(H,24,26,28). The first-order valence-electron chi connectivity index (χ1n) is 10.2. The molecule has 31 heavy (non-hydrogen) atoms. The maximum atomic E-state index is 12.8. The Balaban J connectivity index is 1.64. The predicted molar refractivity (Wildman–Crippen MR) is 115 cm³/mol. The Morgan fingerprint density at radius 2 is 1.81 bits per heavy atom. The molecular formula is C22H27N5O4. The normalized spacial score (nSPS) is 14.3. The van der Waals surface area contributed by atoms with Crippen LogP contribution in [0.3, 0.4) is 0 Å². The van der Waals surface area contributed by atoms with Crippen molar-refractivity contribution in [3.05, 3.63) is 47.9 Å². The van der Waals surface area contributed by atoms with Crippen LogP contribution in [0.25, 0.3) is 0 Å². The van der Waals surface area contributed by atoms with E-state index in [1.54, 1.807) is 24.3 Å². The van der Waals surface area contributed by atoms with Gasteiger partial charge < -0.3 is 20.3 Å². The lowest BCUT2D eigenvalue weighted by atomic mass is 10.0. The number of nitrogens with one attached hydrogen (secondary N) is 2. The van der Waals surface area contributed by atoms with E-state index in [2.05, 4.69) is 20.6 Å². The number of carbonyl (C=O) groups is 3. The first-order valence-corrected chi connectivity index (χ1v) is 10.2. The van der Waals surface area contributed by atoms with Crippen molar-refractivity contribution >= 4 is 23.5 Å². The molecule has 3 rings (SSSR count). The fraction of sp³-hybridized carbons (Fsp3) is 0.409. The second-order valence-electron chi connectivity index (χ2n) is 7.67. The van der Waals surface area contributed by atoms with Crippen LogP contribution in [0, 0.1) is 5.92 Å². The molecule has 1 fully saturated rings. The van der Waals surface area contributed by atoms with Crippen molar-refractivity contribution in [2.75, 3.05) is 25.5 Å². The maximum Gasteiger partial charge on any atom is 0.273 e. The predicted octanol–water partition coefficient (Wildman–Crippen LogP) is 2.11. The van der Waals surface area contributed by atoms with Crippen molar-refractivity contribution in [3.63, 3.8) is 0 Å². The lowest BCUT2D eigenvalue weighted by Gasteiger charge is -2.33. The summed E-state index contributed by atoms with van der Waals surface area (Å²) in [5, 5.41) is 5.59. The minimum Gasteiger partial charge on any atom is -0.497 e. The molecule has 0 atom stereocenters. The molecule has 9 nitrogen and oxygen atoms in total. The highest BCUT2D eigenvalue weighted by molar-refractivity contribution is 6.07. The van der Waals surface area contributed by atoms with Crippen LogP contribution in [0.2, 0.25) is 0 Å². The number of nitrogens with zero attached hydrogens (tertiary/aromatic N) is 3. The number of piperidine rings is 1. The highest BCUT2D eigenvalue weighted by atomic mass is 16.5. The van der Waals surface area contributed by atoms with Crippen LogP contribution in [0.4, 0.5) is 5.82 Å². The molecule has 0 spiro atoms. The van der Waals surface area contributed by atoms with Gasteiger partial charge in [-0.1, -0.05) is 19.9 Å². The average molecular weight is 425 g/mol. The summed E-state index contributed by atoms with van der Waals surface area (Å²) in [6.07, 6.45) is 4.14. The van der Waals surface area contributed by atoms with Gasteiger partial charge in [0.15, 0.2) is 11.5 Å². The Morgan fingerprint density at radius 3 is 2.48 bits per heavy atom. The summed E-state index contributed by atoms with van der Waals surface area (Å²) in [5.41, 5.74) is 0.415. The minimum atomic E-state index is -0.422. The molecular weight excluding hydrogens is 398 g/mol. The van der Waals surface area contributed by atoms with E-state index in [4.69, 9.17) is 4.74 Å². The van der Waals surface area contributed by atoms with E-state index in [1.165, 1.54) is 19.5 Å². The van der Waals surface area contributed by atoms with Crippen molar-refractivity contribution < 1.29 is 19.1 Å². The van der Waals surface area contributed by atoms with Crippen molar-refractivity contribution in [2.45, 2.75) is 32.7 Å². The molecule has 1 aliphatic rings. The second-order valence-corrected chi connectivity index (χ2v) is 7.67. The quantitative estimate of drug-likeness (QED) is 0.733. The molecule has 0 radical (unpaired) electrons. The molecule has 0 aliphatic carbocycles. The van der Waals surface area contributed by atoms with E-state index < -0.39 is 11.8 Å². The summed E-state index contributed by atoms with van der Waals surface area (Å²) in [4.78, 5) is 47.6. The lowest BCUT2D eigenvalue weighted by Crippen LogP contribution is -2.47. The monoisotopic (exact) mass is 425 g/mol. The van der Waals surface area contributed by atoms with E-state index in [0.29, 0.717) is 37.2 Å². The topological polar surface area (TPSA) is 114 Å². The third-order valence-corrected chi connectivity index (χ3v) is 5.11. The molecule has 1 saturated heterocycles. The zero-order valence-electron chi connectivity index (χ0n) is 17.9. The molecule has 1 aromatic carbocycles. The fourth-order valence-electron chi connectivity index (χ4n) is 3.40. The zero-order chi connectivity index (χ0) is 22.4. The van der Waals surface area contributed by atoms with Gasteiger partial charge in [0.1, 0.15) is 5.75 Å². The Labute approximate surface area is 181 Å². The molecule has 2 aromatic rings. The van der Waals surface area contributed by atoms with Crippen molar-refractivity contribution in [1.82, 2.24) is 20.2 Å². The van der Waals surface area contributed by atoms with Gasteiger partial charge in [-0.15, -0.1) is 0 Å². The molecule has 0 saturated carbocycles. The molecule has 2 heterocycles. The van der Waals surface area contributed by atoms with Crippen LogP contribution in [0.15, 0.2) is 36.7 Å². The van der Waals surface area contributed by atoms with Gasteiger partial charge in [0.2, 0.25) is 5.91 Å². The molecule has 9 heteroatoms. The van der Waals surface area contributed by atoms with Gasteiger partial charge in [0, 0.05) is 43.0 Å². The number of benzene rings is 1. The Hall–Kier alpha value is -3.49. The summed E-state index contributed by atoms with van der Waals surface area (Å²) >= 11 is 0. The van der Waals surface area contributed by atoms with Crippen LogP contribution in [0.5, 0.6) is 5.75 Å². The van der Waals surface area contributed by atoms with Gasteiger partial charge in [0.25, 0.3) is 11.8 Å². The zero-order valence-corrected chi connectivity index (χ0v) is 17.9. The molecule has 2 N–H and O–H groups in total. The van der Waals surface area contributed by atoms with Crippen LogP contribution in [-0.2, 0) is 4.79 Å². The SMILES string of the molecule is COc1cccc(C(=O)Nc2nccnc2C(=O)NC2CCN(C(=O)C(C)C)CC2)c1. The van der Waals surface area contributed by atoms with Gasteiger partial charge in [-0.3, -0.25) is 14.4 Å². The van der Waals surface area contributed by atoms with Crippen LogP contribution < -0.4 is 15.4 Å². The molecule has 3 amide bonds.